The highest BCUT2D eigenvalue weighted by Crippen LogP contribution is 2.04. The Kier molecular flexibility index (Phi) is 5.01. The zero-order chi connectivity index (χ0) is 11.3. The molecule has 0 aromatic rings. The zero-order valence-corrected chi connectivity index (χ0v) is 9.35. The first-order valence-corrected chi connectivity index (χ1v) is 5.56. The maximum atomic E-state index is 11.7. The van der Waals surface area contributed by atoms with Gasteiger partial charge in [0.15, 0.2) is 0 Å². The van der Waals surface area contributed by atoms with Gasteiger partial charge in [-0.25, -0.2) is 0 Å². The molecule has 0 radical (unpaired) electrons. The van der Waals surface area contributed by atoms with E-state index < -0.39 is 0 Å². The minimum absolute atomic E-state index is 0.0566. The van der Waals surface area contributed by atoms with Crippen LogP contribution in [0.15, 0.2) is 0 Å². The lowest BCUT2D eigenvalue weighted by molar-refractivity contribution is -0.134. The molecule has 88 valence electrons. The van der Waals surface area contributed by atoms with Crippen molar-refractivity contribution < 1.29 is 9.90 Å². The Morgan fingerprint density at radius 1 is 1.40 bits per heavy atom. The Hall–Kier alpha value is -0.650. The van der Waals surface area contributed by atoms with Crippen molar-refractivity contribution in [3.63, 3.8) is 0 Å². The number of piperazine rings is 1. The molecule has 1 saturated heterocycles. The lowest BCUT2D eigenvalue weighted by Crippen LogP contribution is -2.53. The standard InChI is InChI=1S/C10H21N3O2/c1-2-9(11)10(15)13-5-3-12(4-6-13)7-8-14/h9,14H,2-8,11H2,1H3. The fraction of sp³-hybridized carbons (Fsp3) is 0.900. The van der Waals surface area contributed by atoms with Crippen LogP contribution >= 0.6 is 0 Å². The maximum Gasteiger partial charge on any atom is 0.239 e. The lowest BCUT2D eigenvalue weighted by atomic mass is 10.2. The van der Waals surface area contributed by atoms with E-state index in [0.29, 0.717) is 13.0 Å². The van der Waals surface area contributed by atoms with Crippen molar-refractivity contribution in [1.82, 2.24) is 9.80 Å². The van der Waals surface area contributed by atoms with Crippen molar-refractivity contribution >= 4 is 5.91 Å². The quantitative estimate of drug-likeness (QED) is 0.622. The molecule has 0 spiro atoms. The third-order valence-corrected chi connectivity index (χ3v) is 2.86. The molecule has 0 bridgehead atoms. The normalized spacial score (nSPS) is 20.3. The summed E-state index contributed by atoms with van der Waals surface area (Å²) >= 11 is 0. The predicted molar refractivity (Wildman–Crippen MR) is 58.4 cm³/mol. The van der Waals surface area contributed by atoms with E-state index in [0.717, 1.165) is 26.2 Å². The van der Waals surface area contributed by atoms with Crippen LogP contribution in [0.4, 0.5) is 0 Å². The van der Waals surface area contributed by atoms with Crippen LogP contribution in [0.25, 0.3) is 0 Å². The number of aliphatic hydroxyl groups is 1. The third-order valence-electron chi connectivity index (χ3n) is 2.86. The summed E-state index contributed by atoms with van der Waals surface area (Å²) in [4.78, 5) is 15.7. The number of β-amino-alcohol motifs (C(OH)–C–C–N with tert-alkyl or cyclic N) is 1. The molecular formula is C10H21N3O2. The van der Waals surface area contributed by atoms with Gasteiger partial charge in [0.05, 0.1) is 12.6 Å². The number of rotatable bonds is 4. The minimum atomic E-state index is -0.352. The van der Waals surface area contributed by atoms with Crippen LogP contribution in [-0.4, -0.2) is 66.2 Å². The minimum Gasteiger partial charge on any atom is -0.395 e. The second kappa shape index (κ2) is 6.05. The first-order chi connectivity index (χ1) is 7.19. The van der Waals surface area contributed by atoms with Crippen LogP contribution in [0, 0.1) is 0 Å². The van der Waals surface area contributed by atoms with Crippen LogP contribution in [0.1, 0.15) is 13.3 Å². The van der Waals surface area contributed by atoms with Crippen molar-refractivity contribution in [2.24, 2.45) is 5.73 Å². The second-order valence-corrected chi connectivity index (χ2v) is 3.91. The number of hydrogen-bond acceptors (Lipinski definition) is 4. The van der Waals surface area contributed by atoms with Gasteiger partial charge in [0.1, 0.15) is 0 Å². The van der Waals surface area contributed by atoms with Gasteiger partial charge < -0.3 is 15.7 Å². The monoisotopic (exact) mass is 215 g/mol. The molecular weight excluding hydrogens is 194 g/mol. The summed E-state index contributed by atoms with van der Waals surface area (Å²) in [6, 6.07) is -0.352. The zero-order valence-electron chi connectivity index (χ0n) is 9.35. The number of aliphatic hydroxyl groups excluding tert-OH is 1. The molecule has 1 amide bonds. The molecule has 1 aliphatic rings. The second-order valence-electron chi connectivity index (χ2n) is 3.91. The average molecular weight is 215 g/mol. The number of amides is 1. The van der Waals surface area contributed by atoms with Crippen LogP contribution in [0.2, 0.25) is 0 Å². The SMILES string of the molecule is CCC(N)C(=O)N1CCN(CCO)CC1. The lowest BCUT2D eigenvalue weighted by Gasteiger charge is -2.35. The van der Waals surface area contributed by atoms with E-state index in [2.05, 4.69) is 4.90 Å². The predicted octanol–water partition coefficient (Wildman–Crippen LogP) is -1.14. The van der Waals surface area contributed by atoms with E-state index in [1.54, 1.807) is 0 Å². The van der Waals surface area contributed by atoms with E-state index in [1.807, 2.05) is 11.8 Å². The number of carbonyl (C=O) groups is 1. The van der Waals surface area contributed by atoms with Gasteiger partial charge >= 0.3 is 0 Å². The van der Waals surface area contributed by atoms with Gasteiger partial charge in [-0.3, -0.25) is 9.69 Å². The number of nitrogens with two attached hydrogens (primary N) is 1. The van der Waals surface area contributed by atoms with Crippen LogP contribution in [0.3, 0.4) is 0 Å². The molecule has 5 heteroatoms. The Morgan fingerprint density at radius 2 is 2.00 bits per heavy atom. The Labute approximate surface area is 90.8 Å². The molecule has 1 heterocycles. The fourth-order valence-electron chi connectivity index (χ4n) is 1.74. The molecule has 0 saturated carbocycles. The van der Waals surface area contributed by atoms with Crippen LogP contribution < -0.4 is 5.73 Å². The van der Waals surface area contributed by atoms with E-state index >= 15 is 0 Å². The first-order valence-electron chi connectivity index (χ1n) is 5.56. The van der Waals surface area contributed by atoms with Crippen LogP contribution in [0.5, 0.6) is 0 Å². The first kappa shape index (κ1) is 12.4. The van der Waals surface area contributed by atoms with Crippen molar-refractivity contribution in [3.8, 4) is 0 Å². The Bertz CT molecular complexity index is 203. The number of nitrogens with zero attached hydrogens (tertiary/aromatic N) is 2. The summed E-state index contributed by atoms with van der Waals surface area (Å²) in [7, 11) is 0. The number of carbonyl (C=O) groups excluding carboxylic acids is 1. The molecule has 0 aromatic carbocycles. The summed E-state index contributed by atoms with van der Waals surface area (Å²) in [6.07, 6.45) is 0.690. The maximum absolute atomic E-state index is 11.7. The van der Waals surface area contributed by atoms with E-state index in [1.165, 1.54) is 0 Å². The van der Waals surface area contributed by atoms with Gasteiger partial charge in [-0.2, -0.15) is 0 Å². The van der Waals surface area contributed by atoms with Gasteiger partial charge in [0.25, 0.3) is 0 Å². The van der Waals surface area contributed by atoms with E-state index in [9.17, 15) is 4.79 Å². The molecule has 1 aliphatic heterocycles. The number of hydrogen-bond donors (Lipinski definition) is 2. The van der Waals surface area contributed by atoms with E-state index in [4.69, 9.17) is 10.8 Å². The molecule has 0 aliphatic carbocycles. The summed E-state index contributed by atoms with van der Waals surface area (Å²) in [5.74, 6) is 0.0566. The van der Waals surface area contributed by atoms with Gasteiger partial charge in [0, 0.05) is 32.7 Å². The van der Waals surface area contributed by atoms with Gasteiger partial charge in [-0.05, 0) is 6.42 Å². The van der Waals surface area contributed by atoms with Crippen molar-refractivity contribution in [1.29, 1.82) is 0 Å². The molecule has 3 N–H and O–H groups in total. The van der Waals surface area contributed by atoms with Crippen molar-refractivity contribution in [2.75, 3.05) is 39.3 Å². The molecule has 1 atom stereocenters. The topological polar surface area (TPSA) is 69.8 Å². The van der Waals surface area contributed by atoms with Gasteiger partial charge in [0.2, 0.25) is 5.91 Å². The smallest absolute Gasteiger partial charge is 0.239 e. The highest BCUT2D eigenvalue weighted by Gasteiger charge is 2.23. The molecule has 1 rings (SSSR count). The molecule has 1 fully saturated rings. The summed E-state index contributed by atoms with van der Waals surface area (Å²) < 4.78 is 0. The summed E-state index contributed by atoms with van der Waals surface area (Å²) in [5.41, 5.74) is 5.70. The van der Waals surface area contributed by atoms with E-state index in [-0.39, 0.29) is 18.6 Å². The van der Waals surface area contributed by atoms with Gasteiger partial charge in [-0.1, -0.05) is 6.92 Å². The highest BCUT2D eigenvalue weighted by atomic mass is 16.3. The molecule has 1 unspecified atom stereocenters. The molecule has 5 nitrogen and oxygen atoms in total. The van der Waals surface area contributed by atoms with Gasteiger partial charge in [-0.15, -0.1) is 0 Å². The summed E-state index contributed by atoms with van der Waals surface area (Å²) in [5, 5.41) is 8.78. The van der Waals surface area contributed by atoms with Crippen LogP contribution in [-0.2, 0) is 4.79 Å². The fourth-order valence-corrected chi connectivity index (χ4v) is 1.74. The molecule has 15 heavy (non-hydrogen) atoms. The van der Waals surface area contributed by atoms with Crippen molar-refractivity contribution in [3.05, 3.63) is 0 Å². The Morgan fingerprint density at radius 3 is 2.47 bits per heavy atom. The summed E-state index contributed by atoms with van der Waals surface area (Å²) in [6.45, 7) is 5.93. The highest BCUT2D eigenvalue weighted by molar-refractivity contribution is 5.81. The Balaban J connectivity index is 2.33. The largest absolute Gasteiger partial charge is 0.395 e. The third kappa shape index (κ3) is 3.44. The average Bonchev–Trinajstić information content (AvgIpc) is 2.28. The van der Waals surface area contributed by atoms with Crippen molar-refractivity contribution in [2.45, 2.75) is 19.4 Å². The molecule has 0 aromatic heterocycles.